The lowest BCUT2D eigenvalue weighted by atomic mass is 10.0. The van der Waals surface area contributed by atoms with Crippen molar-refractivity contribution in [2.24, 2.45) is 0 Å². The van der Waals surface area contributed by atoms with Crippen molar-refractivity contribution in [2.45, 2.75) is 0 Å². The molecule has 0 spiro atoms. The monoisotopic (exact) mass is 269 g/mol. The largest absolute Gasteiger partial charge is 0.507 e. The van der Waals surface area contributed by atoms with E-state index in [1.807, 2.05) is 12.1 Å². The summed E-state index contributed by atoms with van der Waals surface area (Å²) in [6, 6.07) is 13.9. The standard InChI is InChI=1S/C16H15NO3/c1-2-11-17-16(19)20-15-10-6-4-8-13(15)12-7-3-5-9-14(12)18/h2-10,18H,1,11H2,(H,17,19). The molecule has 2 N–H and O–H groups in total. The van der Waals surface area contributed by atoms with Crippen molar-refractivity contribution in [2.75, 3.05) is 6.54 Å². The minimum absolute atomic E-state index is 0.134. The first-order valence-corrected chi connectivity index (χ1v) is 6.16. The van der Waals surface area contributed by atoms with Crippen LogP contribution in [0.1, 0.15) is 0 Å². The number of carbonyl (C=O) groups is 1. The molecule has 0 atom stereocenters. The van der Waals surface area contributed by atoms with Gasteiger partial charge in [-0.3, -0.25) is 0 Å². The first kappa shape index (κ1) is 13.7. The zero-order valence-electron chi connectivity index (χ0n) is 10.9. The van der Waals surface area contributed by atoms with Crippen LogP contribution in [0.3, 0.4) is 0 Å². The van der Waals surface area contributed by atoms with Gasteiger partial charge in [-0.2, -0.15) is 0 Å². The Morgan fingerprint density at radius 3 is 2.50 bits per heavy atom. The van der Waals surface area contributed by atoms with Gasteiger partial charge in [-0.15, -0.1) is 6.58 Å². The molecule has 0 heterocycles. The molecule has 0 fully saturated rings. The number of nitrogens with one attached hydrogen (secondary N) is 1. The van der Waals surface area contributed by atoms with Gasteiger partial charge in [0.25, 0.3) is 0 Å². The van der Waals surface area contributed by atoms with Crippen molar-refractivity contribution in [3.63, 3.8) is 0 Å². The average molecular weight is 269 g/mol. The second kappa shape index (κ2) is 6.43. The zero-order chi connectivity index (χ0) is 14.4. The van der Waals surface area contributed by atoms with Gasteiger partial charge in [-0.05, 0) is 12.1 Å². The quantitative estimate of drug-likeness (QED) is 0.837. The van der Waals surface area contributed by atoms with Crippen LogP contribution in [0.4, 0.5) is 4.79 Å². The summed E-state index contributed by atoms with van der Waals surface area (Å²) in [5, 5.41) is 12.4. The van der Waals surface area contributed by atoms with Crippen LogP contribution in [0, 0.1) is 0 Å². The van der Waals surface area contributed by atoms with E-state index in [2.05, 4.69) is 11.9 Å². The summed E-state index contributed by atoms with van der Waals surface area (Å²) in [6.45, 7) is 3.84. The molecule has 4 heteroatoms. The highest BCUT2D eigenvalue weighted by atomic mass is 16.6. The van der Waals surface area contributed by atoms with E-state index in [4.69, 9.17) is 4.74 Å². The van der Waals surface area contributed by atoms with Gasteiger partial charge in [-0.1, -0.05) is 42.5 Å². The Morgan fingerprint density at radius 1 is 1.15 bits per heavy atom. The van der Waals surface area contributed by atoms with Crippen LogP contribution in [-0.2, 0) is 0 Å². The van der Waals surface area contributed by atoms with E-state index in [1.54, 1.807) is 42.5 Å². The SMILES string of the molecule is C=CCNC(=O)Oc1ccccc1-c1ccccc1O. The van der Waals surface area contributed by atoms with E-state index in [0.717, 1.165) is 0 Å². The predicted octanol–water partition coefficient (Wildman–Crippen LogP) is 3.33. The second-order valence-corrected chi connectivity index (χ2v) is 4.07. The van der Waals surface area contributed by atoms with Crippen LogP contribution in [0.15, 0.2) is 61.2 Å². The number of hydrogen-bond donors (Lipinski definition) is 2. The van der Waals surface area contributed by atoms with Crippen LogP contribution in [0.5, 0.6) is 11.5 Å². The lowest BCUT2D eigenvalue weighted by Crippen LogP contribution is -2.26. The van der Waals surface area contributed by atoms with E-state index in [1.165, 1.54) is 0 Å². The fourth-order valence-electron chi connectivity index (χ4n) is 1.77. The Balaban J connectivity index is 2.29. The summed E-state index contributed by atoms with van der Waals surface area (Å²) < 4.78 is 5.25. The first-order valence-electron chi connectivity index (χ1n) is 6.16. The molecule has 2 rings (SSSR count). The van der Waals surface area contributed by atoms with E-state index in [9.17, 15) is 9.90 Å². The molecular weight excluding hydrogens is 254 g/mol. The topological polar surface area (TPSA) is 58.6 Å². The molecule has 0 saturated heterocycles. The van der Waals surface area contributed by atoms with Crippen LogP contribution >= 0.6 is 0 Å². The van der Waals surface area contributed by atoms with E-state index < -0.39 is 6.09 Å². The molecule has 0 aliphatic carbocycles. The molecular formula is C16H15NO3. The number of aromatic hydroxyl groups is 1. The van der Waals surface area contributed by atoms with Gasteiger partial charge in [0.1, 0.15) is 11.5 Å². The highest BCUT2D eigenvalue weighted by Gasteiger charge is 2.12. The Kier molecular flexibility index (Phi) is 4.39. The Morgan fingerprint density at radius 2 is 1.80 bits per heavy atom. The fraction of sp³-hybridized carbons (Fsp3) is 0.0625. The molecule has 102 valence electrons. The molecule has 0 unspecified atom stereocenters. The van der Waals surface area contributed by atoms with Crippen LogP contribution in [-0.4, -0.2) is 17.7 Å². The van der Waals surface area contributed by atoms with Gasteiger partial charge in [-0.25, -0.2) is 4.79 Å². The van der Waals surface area contributed by atoms with Gasteiger partial charge >= 0.3 is 6.09 Å². The van der Waals surface area contributed by atoms with Gasteiger partial charge in [0.05, 0.1) is 0 Å². The van der Waals surface area contributed by atoms with Gasteiger partial charge in [0.2, 0.25) is 0 Å². The molecule has 1 amide bonds. The third kappa shape index (κ3) is 3.17. The molecule has 4 nitrogen and oxygen atoms in total. The first-order chi connectivity index (χ1) is 9.72. The number of benzene rings is 2. The maximum Gasteiger partial charge on any atom is 0.412 e. The maximum absolute atomic E-state index is 11.6. The maximum atomic E-state index is 11.6. The molecule has 0 bridgehead atoms. The lowest BCUT2D eigenvalue weighted by molar-refractivity contribution is 0.202. The molecule has 0 aliphatic heterocycles. The molecule has 20 heavy (non-hydrogen) atoms. The summed E-state index contributed by atoms with van der Waals surface area (Å²) in [4.78, 5) is 11.6. The van der Waals surface area contributed by atoms with E-state index >= 15 is 0 Å². The van der Waals surface area contributed by atoms with Crippen LogP contribution in [0.2, 0.25) is 0 Å². The normalized spacial score (nSPS) is 9.80. The number of ether oxygens (including phenoxy) is 1. The zero-order valence-corrected chi connectivity index (χ0v) is 10.9. The third-order valence-corrected chi connectivity index (χ3v) is 2.67. The summed E-state index contributed by atoms with van der Waals surface area (Å²) in [5.41, 5.74) is 1.26. The molecule has 2 aromatic rings. The number of carbonyl (C=O) groups excluding carboxylic acids is 1. The van der Waals surface area contributed by atoms with Crippen molar-refractivity contribution < 1.29 is 14.6 Å². The number of amides is 1. The summed E-state index contributed by atoms with van der Waals surface area (Å²) >= 11 is 0. The Bertz CT molecular complexity index is 623. The summed E-state index contributed by atoms with van der Waals surface area (Å²) in [5.74, 6) is 0.519. The van der Waals surface area contributed by atoms with E-state index in [-0.39, 0.29) is 5.75 Å². The number of phenols is 1. The summed E-state index contributed by atoms with van der Waals surface area (Å²) in [6.07, 6.45) is 1.00. The van der Waals surface area contributed by atoms with Crippen molar-refractivity contribution in [1.29, 1.82) is 0 Å². The number of phenolic OH excluding ortho intramolecular Hbond substituents is 1. The molecule has 0 radical (unpaired) electrons. The molecule has 0 saturated carbocycles. The lowest BCUT2D eigenvalue weighted by Gasteiger charge is -2.11. The molecule has 0 aliphatic rings. The highest BCUT2D eigenvalue weighted by molar-refractivity contribution is 5.79. The fourth-order valence-corrected chi connectivity index (χ4v) is 1.77. The van der Waals surface area contributed by atoms with Gasteiger partial charge in [0.15, 0.2) is 0 Å². The average Bonchev–Trinajstić information content (AvgIpc) is 2.46. The Labute approximate surface area is 117 Å². The highest BCUT2D eigenvalue weighted by Crippen LogP contribution is 2.35. The second-order valence-electron chi connectivity index (χ2n) is 4.07. The minimum Gasteiger partial charge on any atom is -0.507 e. The van der Waals surface area contributed by atoms with Gasteiger partial charge < -0.3 is 15.2 Å². The minimum atomic E-state index is -0.562. The summed E-state index contributed by atoms with van der Waals surface area (Å²) in [7, 11) is 0. The molecule has 2 aromatic carbocycles. The van der Waals surface area contributed by atoms with Crippen molar-refractivity contribution >= 4 is 6.09 Å². The smallest absolute Gasteiger partial charge is 0.412 e. The third-order valence-electron chi connectivity index (χ3n) is 2.67. The van der Waals surface area contributed by atoms with Crippen LogP contribution < -0.4 is 10.1 Å². The van der Waals surface area contributed by atoms with Gasteiger partial charge in [0, 0.05) is 17.7 Å². The number of rotatable bonds is 4. The number of hydrogen-bond acceptors (Lipinski definition) is 3. The van der Waals surface area contributed by atoms with Crippen LogP contribution in [0.25, 0.3) is 11.1 Å². The number of para-hydroxylation sites is 2. The molecule has 0 aromatic heterocycles. The predicted molar refractivity (Wildman–Crippen MR) is 77.8 cm³/mol. The van der Waals surface area contributed by atoms with Crippen molar-refractivity contribution in [3.05, 3.63) is 61.2 Å². The van der Waals surface area contributed by atoms with Crippen molar-refractivity contribution in [3.8, 4) is 22.6 Å². The van der Waals surface area contributed by atoms with E-state index in [0.29, 0.717) is 23.4 Å². The van der Waals surface area contributed by atoms with Crippen molar-refractivity contribution in [1.82, 2.24) is 5.32 Å². The Hall–Kier alpha value is -2.75.